The Balaban J connectivity index is 1.56. The molecule has 3 N–H and O–H groups in total. The van der Waals surface area contributed by atoms with Crippen LogP contribution in [0.3, 0.4) is 0 Å². The average molecular weight is 307 g/mol. The van der Waals surface area contributed by atoms with Crippen molar-refractivity contribution in [1.29, 1.82) is 0 Å². The molecular weight excluding hydrogens is 286 g/mol. The van der Waals surface area contributed by atoms with Crippen LogP contribution in [0.2, 0.25) is 0 Å². The number of ether oxygens (including phenoxy) is 1. The maximum absolute atomic E-state index is 12.1. The lowest BCUT2D eigenvalue weighted by Crippen LogP contribution is -2.39. The van der Waals surface area contributed by atoms with Gasteiger partial charge in [-0.2, -0.15) is 0 Å². The summed E-state index contributed by atoms with van der Waals surface area (Å²) in [6.07, 6.45) is 7.86. The summed E-state index contributed by atoms with van der Waals surface area (Å²) in [5.74, 6) is -0.223. The summed E-state index contributed by atoms with van der Waals surface area (Å²) in [4.78, 5) is 39.1. The van der Waals surface area contributed by atoms with E-state index >= 15 is 0 Å². The monoisotopic (exact) mass is 307 g/mol. The lowest BCUT2D eigenvalue weighted by molar-refractivity contribution is -0.121. The van der Waals surface area contributed by atoms with Gasteiger partial charge in [-0.1, -0.05) is 19.3 Å². The number of hydrogen-bond acceptors (Lipinski definition) is 4. The van der Waals surface area contributed by atoms with Gasteiger partial charge in [0.05, 0.1) is 24.7 Å². The van der Waals surface area contributed by atoms with Crippen molar-refractivity contribution in [2.75, 3.05) is 6.61 Å². The zero-order chi connectivity index (χ0) is 15.6. The molecule has 0 bridgehead atoms. The molecule has 3 rings (SSSR count). The number of amides is 1. The van der Waals surface area contributed by atoms with Crippen molar-refractivity contribution in [2.24, 2.45) is 0 Å². The van der Waals surface area contributed by atoms with Gasteiger partial charge in [-0.25, -0.2) is 4.79 Å². The molecule has 7 heteroatoms. The van der Waals surface area contributed by atoms with Crippen molar-refractivity contribution in [1.82, 2.24) is 15.3 Å². The molecule has 2 heterocycles. The molecule has 22 heavy (non-hydrogen) atoms. The third kappa shape index (κ3) is 3.30. The topological polar surface area (TPSA) is 104 Å². The fraction of sp³-hybridized carbons (Fsp3) is 0.667. The molecule has 0 aromatic carbocycles. The predicted octanol–water partition coefficient (Wildman–Crippen LogP) is 0.214. The standard InChI is InChI=1S/C15H21N3O4/c19-12(6-10-8-16-14(21)18-13(10)20)17-11-7-15(22-9-11)4-2-1-3-5-15/h8,11H,1-7,9H2,(H,17,19)(H2,16,18,20,21). The fourth-order valence-electron chi connectivity index (χ4n) is 3.50. The minimum Gasteiger partial charge on any atom is -0.373 e. The first-order valence-corrected chi connectivity index (χ1v) is 7.81. The zero-order valence-electron chi connectivity index (χ0n) is 12.4. The maximum Gasteiger partial charge on any atom is 0.325 e. The molecule has 2 fully saturated rings. The van der Waals surface area contributed by atoms with E-state index in [1.54, 1.807) is 0 Å². The lowest BCUT2D eigenvalue weighted by atomic mass is 9.82. The van der Waals surface area contributed by atoms with E-state index in [4.69, 9.17) is 4.74 Å². The van der Waals surface area contributed by atoms with Crippen LogP contribution in [-0.4, -0.2) is 34.1 Å². The fourth-order valence-corrected chi connectivity index (χ4v) is 3.50. The summed E-state index contributed by atoms with van der Waals surface area (Å²) in [5, 5.41) is 2.93. The van der Waals surface area contributed by atoms with Crippen molar-refractivity contribution >= 4 is 5.91 Å². The quantitative estimate of drug-likeness (QED) is 0.742. The van der Waals surface area contributed by atoms with Crippen LogP contribution in [0.25, 0.3) is 0 Å². The average Bonchev–Trinajstić information content (AvgIpc) is 2.85. The molecule has 0 radical (unpaired) electrons. The number of carbonyl (C=O) groups excluding carboxylic acids is 1. The predicted molar refractivity (Wildman–Crippen MR) is 79.7 cm³/mol. The molecule has 1 saturated heterocycles. The van der Waals surface area contributed by atoms with E-state index in [2.05, 4.69) is 15.3 Å². The Morgan fingerprint density at radius 3 is 2.82 bits per heavy atom. The molecule has 7 nitrogen and oxygen atoms in total. The number of rotatable bonds is 3. The number of H-pyrrole nitrogens is 2. The van der Waals surface area contributed by atoms with Gasteiger partial charge in [0, 0.05) is 11.8 Å². The number of aromatic amines is 2. The second-order valence-electron chi connectivity index (χ2n) is 6.30. The van der Waals surface area contributed by atoms with Crippen molar-refractivity contribution in [3.05, 3.63) is 32.6 Å². The van der Waals surface area contributed by atoms with Gasteiger partial charge in [-0.05, 0) is 19.3 Å². The van der Waals surface area contributed by atoms with Gasteiger partial charge >= 0.3 is 5.69 Å². The van der Waals surface area contributed by atoms with Gasteiger partial charge in [0.2, 0.25) is 5.91 Å². The Labute approximate surface area is 127 Å². The summed E-state index contributed by atoms with van der Waals surface area (Å²) in [5.41, 5.74) is -0.891. The van der Waals surface area contributed by atoms with Crippen LogP contribution < -0.4 is 16.6 Å². The second-order valence-corrected chi connectivity index (χ2v) is 6.30. The first-order valence-electron chi connectivity index (χ1n) is 7.81. The largest absolute Gasteiger partial charge is 0.373 e. The smallest absolute Gasteiger partial charge is 0.325 e. The van der Waals surface area contributed by atoms with Crippen molar-refractivity contribution in [2.45, 2.75) is 56.6 Å². The second kappa shape index (κ2) is 6.08. The van der Waals surface area contributed by atoms with Crippen molar-refractivity contribution in [3.63, 3.8) is 0 Å². The molecule has 120 valence electrons. The highest BCUT2D eigenvalue weighted by Gasteiger charge is 2.41. The minimum atomic E-state index is -0.572. The van der Waals surface area contributed by atoms with E-state index in [-0.39, 0.29) is 29.5 Å². The molecule has 1 saturated carbocycles. The molecule has 1 aromatic rings. The molecule has 2 aliphatic rings. The van der Waals surface area contributed by atoms with E-state index in [1.807, 2.05) is 0 Å². The first-order chi connectivity index (χ1) is 10.6. The third-order valence-electron chi connectivity index (χ3n) is 4.59. The van der Waals surface area contributed by atoms with Gasteiger partial charge in [-0.3, -0.25) is 14.6 Å². The third-order valence-corrected chi connectivity index (χ3v) is 4.59. The molecule has 1 spiro atoms. The van der Waals surface area contributed by atoms with Gasteiger partial charge in [0.15, 0.2) is 0 Å². The van der Waals surface area contributed by atoms with Gasteiger partial charge in [0.25, 0.3) is 5.56 Å². The molecule has 1 amide bonds. The van der Waals surface area contributed by atoms with Gasteiger partial charge in [-0.15, -0.1) is 0 Å². The van der Waals surface area contributed by atoms with E-state index in [0.717, 1.165) is 19.3 Å². The Morgan fingerprint density at radius 1 is 1.32 bits per heavy atom. The van der Waals surface area contributed by atoms with Gasteiger partial charge in [0.1, 0.15) is 0 Å². The molecular formula is C15H21N3O4. The lowest BCUT2D eigenvalue weighted by Gasteiger charge is -2.32. The van der Waals surface area contributed by atoms with Crippen LogP contribution in [0, 0.1) is 0 Å². The van der Waals surface area contributed by atoms with Crippen LogP contribution in [0.15, 0.2) is 15.8 Å². The van der Waals surface area contributed by atoms with E-state index in [9.17, 15) is 14.4 Å². The highest BCUT2D eigenvalue weighted by atomic mass is 16.5. The molecule has 1 atom stereocenters. The van der Waals surface area contributed by atoms with Gasteiger partial charge < -0.3 is 15.0 Å². The Kier molecular flexibility index (Phi) is 4.15. The summed E-state index contributed by atoms with van der Waals surface area (Å²) >= 11 is 0. The zero-order valence-corrected chi connectivity index (χ0v) is 12.4. The van der Waals surface area contributed by atoms with E-state index in [1.165, 1.54) is 25.5 Å². The number of nitrogens with one attached hydrogen (secondary N) is 3. The summed E-state index contributed by atoms with van der Waals surface area (Å²) < 4.78 is 5.95. The van der Waals surface area contributed by atoms with Crippen LogP contribution in [-0.2, 0) is 16.0 Å². The minimum absolute atomic E-state index is 0.00689. The number of aromatic nitrogens is 2. The van der Waals surface area contributed by atoms with Crippen LogP contribution in [0.1, 0.15) is 44.1 Å². The summed E-state index contributed by atoms with van der Waals surface area (Å²) in [6, 6.07) is 0.00689. The molecule has 1 aliphatic heterocycles. The SMILES string of the molecule is O=C(Cc1c[nH]c(=O)[nH]c1=O)NC1COC2(CCCCC2)C1. The summed E-state index contributed by atoms with van der Waals surface area (Å²) in [6.45, 7) is 0.535. The number of carbonyl (C=O) groups is 1. The number of hydrogen-bond donors (Lipinski definition) is 3. The Hall–Kier alpha value is -1.89. The molecule has 1 aromatic heterocycles. The van der Waals surface area contributed by atoms with Crippen molar-refractivity contribution in [3.8, 4) is 0 Å². The maximum atomic E-state index is 12.1. The van der Waals surface area contributed by atoms with E-state index < -0.39 is 11.2 Å². The normalized spacial score (nSPS) is 23.5. The van der Waals surface area contributed by atoms with Crippen LogP contribution >= 0.6 is 0 Å². The van der Waals surface area contributed by atoms with Crippen molar-refractivity contribution < 1.29 is 9.53 Å². The van der Waals surface area contributed by atoms with Crippen LogP contribution in [0.4, 0.5) is 0 Å². The van der Waals surface area contributed by atoms with Crippen LogP contribution in [0.5, 0.6) is 0 Å². The molecule has 1 aliphatic carbocycles. The molecule has 1 unspecified atom stereocenters. The Morgan fingerprint density at radius 2 is 2.09 bits per heavy atom. The first kappa shape index (κ1) is 15.0. The Bertz CT molecular complexity index is 657. The highest BCUT2D eigenvalue weighted by Crippen LogP contribution is 2.39. The van der Waals surface area contributed by atoms with E-state index in [0.29, 0.717) is 6.61 Å². The highest BCUT2D eigenvalue weighted by molar-refractivity contribution is 5.78. The summed E-state index contributed by atoms with van der Waals surface area (Å²) in [7, 11) is 0.